The van der Waals surface area contributed by atoms with E-state index >= 15 is 0 Å². The van der Waals surface area contributed by atoms with Crippen LogP contribution >= 0.6 is 0 Å². The highest BCUT2D eigenvalue weighted by Gasteiger charge is 2.57. The van der Waals surface area contributed by atoms with Gasteiger partial charge in [-0.15, -0.1) is 0 Å². The van der Waals surface area contributed by atoms with Crippen LogP contribution in [0.2, 0.25) is 0 Å². The summed E-state index contributed by atoms with van der Waals surface area (Å²) in [6.45, 7) is 0. The van der Waals surface area contributed by atoms with Gasteiger partial charge in [0.15, 0.2) is 0 Å². The summed E-state index contributed by atoms with van der Waals surface area (Å²) in [5, 5.41) is 14.6. The van der Waals surface area contributed by atoms with Crippen LogP contribution in [0.1, 0.15) is 10.4 Å². The van der Waals surface area contributed by atoms with Gasteiger partial charge in [0.2, 0.25) is 17.8 Å². The van der Waals surface area contributed by atoms with Gasteiger partial charge in [-0.1, -0.05) is 41.6 Å². The molecule has 1 fully saturated rings. The number of rotatable bonds is 4. The SMILES string of the molecule is O=C(C1=NO[C@H]2C(=O)N(c3cccc([N+](=O)[O-])c3)C(=O)[C@@H]12)c1ccccc1. The van der Waals surface area contributed by atoms with Crippen molar-refractivity contribution in [3.8, 4) is 0 Å². The van der Waals surface area contributed by atoms with Crippen LogP contribution in [0.15, 0.2) is 59.8 Å². The van der Waals surface area contributed by atoms with E-state index in [4.69, 9.17) is 4.84 Å². The number of Topliss-reactive ketones (excluding diaryl/α,β-unsaturated/α-hetero) is 1. The zero-order valence-corrected chi connectivity index (χ0v) is 13.6. The second-order valence-corrected chi connectivity index (χ2v) is 5.96. The minimum atomic E-state index is -1.25. The first-order valence-corrected chi connectivity index (χ1v) is 7.95. The average molecular weight is 365 g/mol. The lowest BCUT2D eigenvalue weighted by Gasteiger charge is -2.14. The van der Waals surface area contributed by atoms with Crippen molar-refractivity contribution in [2.45, 2.75) is 6.10 Å². The molecule has 2 aromatic rings. The number of hydrogen-bond donors (Lipinski definition) is 0. The number of nitro groups is 1. The summed E-state index contributed by atoms with van der Waals surface area (Å²) in [6, 6.07) is 13.3. The van der Waals surface area contributed by atoms with Gasteiger partial charge in [-0.25, -0.2) is 4.90 Å². The van der Waals surface area contributed by atoms with E-state index in [1.54, 1.807) is 30.3 Å². The minimum absolute atomic E-state index is 0.0451. The summed E-state index contributed by atoms with van der Waals surface area (Å²) in [5.41, 5.74) is -0.0592. The lowest BCUT2D eigenvalue weighted by molar-refractivity contribution is -0.384. The number of carbonyl (C=O) groups is 3. The number of amides is 2. The highest BCUT2D eigenvalue weighted by Crippen LogP contribution is 2.35. The molecule has 27 heavy (non-hydrogen) atoms. The van der Waals surface area contributed by atoms with Crippen molar-refractivity contribution in [1.82, 2.24) is 0 Å². The molecule has 0 bridgehead atoms. The molecular formula is C18H11N3O6. The van der Waals surface area contributed by atoms with Gasteiger partial charge >= 0.3 is 0 Å². The third kappa shape index (κ3) is 2.56. The summed E-state index contributed by atoms with van der Waals surface area (Å²) in [7, 11) is 0. The molecule has 2 heterocycles. The molecule has 9 nitrogen and oxygen atoms in total. The van der Waals surface area contributed by atoms with Gasteiger partial charge in [-0.2, -0.15) is 0 Å². The molecule has 1 saturated heterocycles. The third-order valence-corrected chi connectivity index (χ3v) is 4.38. The van der Waals surface area contributed by atoms with Crippen LogP contribution in [0.3, 0.4) is 0 Å². The quantitative estimate of drug-likeness (QED) is 0.352. The Morgan fingerprint density at radius 3 is 2.52 bits per heavy atom. The van der Waals surface area contributed by atoms with Crippen LogP contribution in [0, 0.1) is 16.0 Å². The summed E-state index contributed by atoms with van der Waals surface area (Å²) >= 11 is 0. The number of ketones is 1. The molecule has 0 radical (unpaired) electrons. The first-order valence-electron chi connectivity index (χ1n) is 7.95. The molecule has 0 aromatic heterocycles. The van der Waals surface area contributed by atoms with Crippen LogP contribution in [-0.4, -0.2) is 34.3 Å². The largest absolute Gasteiger partial charge is 0.381 e. The number of anilines is 1. The van der Waals surface area contributed by atoms with Crippen LogP contribution < -0.4 is 4.90 Å². The predicted molar refractivity (Wildman–Crippen MR) is 92.2 cm³/mol. The van der Waals surface area contributed by atoms with Crippen molar-refractivity contribution < 1.29 is 24.1 Å². The van der Waals surface area contributed by atoms with Crippen molar-refractivity contribution >= 4 is 34.7 Å². The Bertz CT molecular complexity index is 1020. The number of fused-ring (bicyclic) bond motifs is 1. The lowest BCUT2D eigenvalue weighted by Crippen LogP contribution is -2.34. The Hall–Kier alpha value is -3.88. The second kappa shape index (κ2) is 6.13. The van der Waals surface area contributed by atoms with Crippen molar-refractivity contribution in [3.63, 3.8) is 0 Å². The van der Waals surface area contributed by atoms with E-state index < -0.39 is 34.5 Å². The molecule has 0 saturated carbocycles. The number of carbonyl (C=O) groups excluding carboxylic acids is 3. The molecule has 0 spiro atoms. The summed E-state index contributed by atoms with van der Waals surface area (Å²) < 4.78 is 0. The zero-order chi connectivity index (χ0) is 19.1. The van der Waals surface area contributed by atoms with Gasteiger partial charge in [0.05, 0.1) is 10.6 Å². The molecule has 2 aromatic carbocycles. The lowest BCUT2D eigenvalue weighted by atomic mass is 9.93. The average Bonchev–Trinajstić information content (AvgIpc) is 3.22. The molecule has 9 heteroatoms. The molecular weight excluding hydrogens is 354 g/mol. The van der Waals surface area contributed by atoms with E-state index in [9.17, 15) is 24.5 Å². The van der Waals surface area contributed by atoms with Crippen molar-refractivity contribution in [2.75, 3.05) is 4.90 Å². The molecule has 0 unspecified atom stereocenters. The molecule has 134 valence electrons. The molecule has 2 aliphatic rings. The van der Waals surface area contributed by atoms with E-state index in [2.05, 4.69) is 5.16 Å². The Morgan fingerprint density at radius 2 is 1.81 bits per heavy atom. The van der Waals surface area contributed by atoms with Gasteiger partial charge in [-0.05, 0) is 6.07 Å². The monoisotopic (exact) mass is 365 g/mol. The van der Waals surface area contributed by atoms with E-state index in [0.717, 1.165) is 11.0 Å². The number of nitrogens with zero attached hydrogens (tertiary/aromatic N) is 3. The maximum absolute atomic E-state index is 12.8. The van der Waals surface area contributed by atoms with E-state index in [-0.39, 0.29) is 17.1 Å². The molecule has 0 aliphatic carbocycles. The number of imide groups is 1. The first kappa shape index (κ1) is 16.6. The number of hydrogen-bond acceptors (Lipinski definition) is 7. The smallest absolute Gasteiger partial charge is 0.278 e. The second-order valence-electron chi connectivity index (χ2n) is 5.96. The number of benzene rings is 2. The molecule has 2 aliphatic heterocycles. The highest BCUT2D eigenvalue weighted by molar-refractivity contribution is 6.52. The fourth-order valence-electron chi connectivity index (χ4n) is 3.10. The minimum Gasteiger partial charge on any atom is -0.381 e. The Morgan fingerprint density at radius 1 is 1.07 bits per heavy atom. The van der Waals surface area contributed by atoms with Crippen LogP contribution in [0.4, 0.5) is 11.4 Å². The molecule has 0 N–H and O–H groups in total. The topological polar surface area (TPSA) is 119 Å². The summed E-state index contributed by atoms with van der Waals surface area (Å²) in [6.07, 6.45) is -1.25. The molecule has 2 atom stereocenters. The van der Waals surface area contributed by atoms with Crippen molar-refractivity contribution in [1.29, 1.82) is 0 Å². The van der Waals surface area contributed by atoms with Gasteiger partial charge in [0, 0.05) is 17.7 Å². The Balaban J connectivity index is 1.68. The Kier molecular flexibility index (Phi) is 3.76. The molecule has 4 rings (SSSR count). The van der Waals surface area contributed by atoms with E-state index in [1.165, 1.54) is 18.2 Å². The van der Waals surface area contributed by atoms with Crippen molar-refractivity contribution in [3.05, 3.63) is 70.3 Å². The summed E-state index contributed by atoms with van der Waals surface area (Å²) in [5.74, 6) is -3.11. The van der Waals surface area contributed by atoms with Crippen molar-refractivity contribution in [2.24, 2.45) is 11.1 Å². The van der Waals surface area contributed by atoms with Crippen LogP contribution in [-0.2, 0) is 14.4 Å². The maximum Gasteiger partial charge on any atom is 0.278 e. The Labute approximate surface area is 152 Å². The number of non-ortho nitro benzene ring substituents is 1. The third-order valence-electron chi connectivity index (χ3n) is 4.38. The standard InChI is InChI=1S/C18H11N3O6/c22-15(10-5-2-1-3-6-10)14-13-16(27-19-14)18(24)20(17(13)23)11-7-4-8-12(9-11)21(25)26/h1-9,13,16H/t13-,16+/m0/s1. The van der Waals surface area contributed by atoms with Gasteiger partial charge in [0.25, 0.3) is 11.6 Å². The fourth-order valence-corrected chi connectivity index (χ4v) is 3.10. The van der Waals surface area contributed by atoms with E-state index in [1.807, 2.05) is 0 Å². The van der Waals surface area contributed by atoms with Crippen LogP contribution in [0.5, 0.6) is 0 Å². The predicted octanol–water partition coefficient (Wildman–Crippen LogP) is 1.72. The first-order chi connectivity index (χ1) is 13.0. The molecule has 2 amide bonds. The number of nitro benzene ring substituents is 1. The zero-order valence-electron chi connectivity index (χ0n) is 13.6. The number of oxime groups is 1. The summed E-state index contributed by atoms with van der Waals surface area (Å²) in [4.78, 5) is 54.3. The maximum atomic E-state index is 12.8. The van der Waals surface area contributed by atoms with Gasteiger partial charge < -0.3 is 4.84 Å². The van der Waals surface area contributed by atoms with Crippen LogP contribution in [0.25, 0.3) is 0 Å². The van der Waals surface area contributed by atoms with Gasteiger partial charge in [-0.3, -0.25) is 24.5 Å². The highest BCUT2D eigenvalue weighted by atomic mass is 16.7. The van der Waals surface area contributed by atoms with Gasteiger partial charge in [0.1, 0.15) is 11.6 Å². The van der Waals surface area contributed by atoms with E-state index in [0.29, 0.717) is 5.56 Å². The normalized spacial score (nSPS) is 20.9. The fraction of sp³-hybridized carbons (Fsp3) is 0.111.